The number of hydrogen-bond donors (Lipinski definition) is 1. The first-order valence-electron chi connectivity index (χ1n) is 6.18. The van der Waals surface area contributed by atoms with Crippen LogP contribution in [0.4, 0.5) is 0 Å². The maximum atomic E-state index is 11.5. The molecule has 0 amide bonds. The molecule has 0 aliphatic carbocycles. The molecule has 106 valence electrons. The first kappa shape index (κ1) is 15.4. The number of rotatable bonds is 4. The summed E-state index contributed by atoms with van der Waals surface area (Å²) in [6.45, 7) is 1.97. The molecule has 5 heteroatoms. The molecule has 0 N–H and O–H groups in total. The predicted molar refractivity (Wildman–Crippen MR) is 86.2 cm³/mol. The van der Waals surface area contributed by atoms with E-state index in [-0.39, 0.29) is 4.90 Å². The molecule has 0 unspecified atom stereocenters. The molecular formula is C15H15ClO2S2. The quantitative estimate of drug-likeness (QED) is 0.679. The smallest absolute Gasteiger partial charge is 0.212 e. The third kappa shape index (κ3) is 3.78. The summed E-state index contributed by atoms with van der Waals surface area (Å²) in [5.41, 5.74) is 3.13. The summed E-state index contributed by atoms with van der Waals surface area (Å²) in [7, 11) is -3.46. The SMILES string of the molecule is Cc1ccc(S(=O)(=O)S)cc1CCc1ccccc1Cl. The van der Waals surface area contributed by atoms with Crippen molar-refractivity contribution in [3.05, 3.63) is 64.2 Å². The van der Waals surface area contributed by atoms with E-state index in [2.05, 4.69) is 11.7 Å². The number of hydrogen-bond acceptors (Lipinski definition) is 2. The van der Waals surface area contributed by atoms with Gasteiger partial charge in [-0.05, 0) is 66.3 Å². The fourth-order valence-corrected chi connectivity index (χ4v) is 3.15. The molecule has 0 aromatic heterocycles. The van der Waals surface area contributed by atoms with Crippen molar-refractivity contribution in [3.8, 4) is 0 Å². The van der Waals surface area contributed by atoms with Gasteiger partial charge < -0.3 is 0 Å². The van der Waals surface area contributed by atoms with Crippen LogP contribution in [-0.2, 0) is 21.7 Å². The summed E-state index contributed by atoms with van der Waals surface area (Å²) in [6.07, 6.45) is 1.52. The second kappa shape index (κ2) is 6.20. The van der Waals surface area contributed by atoms with Gasteiger partial charge in [-0.3, -0.25) is 0 Å². The lowest BCUT2D eigenvalue weighted by atomic mass is 10.0. The molecule has 0 atom stereocenters. The molecular weight excluding hydrogens is 312 g/mol. The van der Waals surface area contributed by atoms with E-state index in [0.717, 1.165) is 34.6 Å². The van der Waals surface area contributed by atoms with Crippen LogP contribution in [0.3, 0.4) is 0 Å². The summed E-state index contributed by atoms with van der Waals surface area (Å²) in [5.74, 6) is 0. The summed E-state index contributed by atoms with van der Waals surface area (Å²) in [5, 5.41) is 0.739. The van der Waals surface area contributed by atoms with Crippen LogP contribution in [0, 0.1) is 6.92 Å². The molecule has 20 heavy (non-hydrogen) atoms. The molecule has 2 aromatic carbocycles. The second-order valence-corrected chi connectivity index (χ2v) is 7.93. The van der Waals surface area contributed by atoms with Crippen molar-refractivity contribution in [2.24, 2.45) is 0 Å². The van der Waals surface area contributed by atoms with E-state index in [0.29, 0.717) is 0 Å². The Labute approximate surface area is 129 Å². The van der Waals surface area contributed by atoms with Crippen LogP contribution in [0.1, 0.15) is 16.7 Å². The van der Waals surface area contributed by atoms with Crippen molar-refractivity contribution in [3.63, 3.8) is 0 Å². The zero-order valence-electron chi connectivity index (χ0n) is 11.0. The van der Waals surface area contributed by atoms with Gasteiger partial charge in [0.05, 0.1) is 4.90 Å². The monoisotopic (exact) mass is 326 g/mol. The van der Waals surface area contributed by atoms with Crippen LogP contribution in [0.5, 0.6) is 0 Å². The second-order valence-electron chi connectivity index (χ2n) is 4.65. The van der Waals surface area contributed by atoms with Gasteiger partial charge >= 0.3 is 0 Å². The molecule has 2 aromatic rings. The molecule has 0 fully saturated rings. The number of aryl methyl sites for hydroxylation is 3. The Hall–Kier alpha value is -0.970. The van der Waals surface area contributed by atoms with Gasteiger partial charge in [-0.25, -0.2) is 8.42 Å². The van der Waals surface area contributed by atoms with E-state index in [1.165, 1.54) is 0 Å². The summed E-state index contributed by atoms with van der Waals surface area (Å²) < 4.78 is 22.9. The Kier molecular flexibility index (Phi) is 4.78. The molecule has 0 saturated heterocycles. The van der Waals surface area contributed by atoms with Gasteiger partial charge in [0.2, 0.25) is 8.87 Å². The van der Waals surface area contributed by atoms with Crippen LogP contribution in [0.2, 0.25) is 5.02 Å². The lowest BCUT2D eigenvalue weighted by Crippen LogP contribution is -1.98. The van der Waals surface area contributed by atoms with Crippen molar-refractivity contribution in [2.45, 2.75) is 24.7 Å². The van der Waals surface area contributed by atoms with Gasteiger partial charge in [0.25, 0.3) is 0 Å². The van der Waals surface area contributed by atoms with E-state index >= 15 is 0 Å². The van der Waals surface area contributed by atoms with Crippen LogP contribution < -0.4 is 0 Å². The Morgan fingerprint density at radius 3 is 2.35 bits per heavy atom. The van der Waals surface area contributed by atoms with Crippen molar-refractivity contribution in [2.75, 3.05) is 0 Å². The van der Waals surface area contributed by atoms with Crippen LogP contribution in [0.15, 0.2) is 47.4 Å². The van der Waals surface area contributed by atoms with Crippen molar-refractivity contribution >= 4 is 32.1 Å². The fourth-order valence-electron chi connectivity index (χ4n) is 2.05. The molecule has 2 nitrogen and oxygen atoms in total. The number of benzene rings is 2. The Morgan fingerprint density at radius 1 is 1.05 bits per heavy atom. The van der Waals surface area contributed by atoms with E-state index in [9.17, 15) is 8.42 Å². The van der Waals surface area contributed by atoms with Gasteiger partial charge in [-0.15, -0.1) is 0 Å². The summed E-state index contributed by atoms with van der Waals surface area (Å²) >= 11 is 9.76. The van der Waals surface area contributed by atoms with Crippen LogP contribution in [0.25, 0.3) is 0 Å². The Balaban J connectivity index is 2.24. The lowest BCUT2D eigenvalue weighted by Gasteiger charge is -2.09. The van der Waals surface area contributed by atoms with E-state index in [1.807, 2.05) is 37.3 Å². The molecule has 2 rings (SSSR count). The predicted octanol–water partition coefficient (Wildman–Crippen LogP) is 4.05. The topological polar surface area (TPSA) is 34.1 Å². The standard InChI is InChI=1S/C15H15ClO2S2/c1-11-6-9-14(20(17,18)19)10-13(11)8-7-12-4-2-3-5-15(12)16/h2-6,9-10H,7-8H2,1H3,(H,17,18,19). The van der Waals surface area contributed by atoms with Gasteiger partial charge in [-0.1, -0.05) is 35.9 Å². The Morgan fingerprint density at radius 2 is 1.70 bits per heavy atom. The third-order valence-corrected chi connectivity index (χ3v) is 5.09. The minimum absolute atomic E-state index is 0.237. The highest BCUT2D eigenvalue weighted by Crippen LogP contribution is 2.22. The largest absolute Gasteiger partial charge is 0.227 e. The molecule has 0 bridgehead atoms. The van der Waals surface area contributed by atoms with Gasteiger partial charge in [0.1, 0.15) is 0 Å². The average molecular weight is 327 g/mol. The highest BCUT2D eigenvalue weighted by Gasteiger charge is 2.10. The van der Waals surface area contributed by atoms with Gasteiger partial charge in [0.15, 0.2) is 0 Å². The summed E-state index contributed by atoms with van der Waals surface area (Å²) in [6, 6.07) is 12.8. The first-order valence-corrected chi connectivity index (χ1v) is 9.09. The fraction of sp³-hybridized carbons (Fsp3) is 0.200. The summed E-state index contributed by atoms with van der Waals surface area (Å²) in [4.78, 5) is 0.237. The Bertz CT molecular complexity index is 724. The highest BCUT2D eigenvalue weighted by atomic mass is 35.5. The minimum atomic E-state index is -3.46. The van der Waals surface area contributed by atoms with E-state index in [4.69, 9.17) is 11.6 Å². The lowest BCUT2D eigenvalue weighted by molar-refractivity contribution is 0.610. The minimum Gasteiger partial charge on any atom is -0.212 e. The van der Waals surface area contributed by atoms with E-state index < -0.39 is 8.87 Å². The normalized spacial score (nSPS) is 11.6. The van der Waals surface area contributed by atoms with Crippen molar-refractivity contribution < 1.29 is 8.42 Å². The maximum absolute atomic E-state index is 11.5. The average Bonchev–Trinajstić information content (AvgIpc) is 2.38. The van der Waals surface area contributed by atoms with E-state index in [1.54, 1.807) is 12.1 Å². The van der Waals surface area contributed by atoms with Gasteiger partial charge in [0, 0.05) is 5.02 Å². The molecule has 0 radical (unpaired) electrons. The first-order chi connectivity index (χ1) is 9.38. The van der Waals surface area contributed by atoms with Crippen LogP contribution >= 0.6 is 23.3 Å². The van der Waals surface area contributed by atoms with Gasteiger partial charge in [-0.2, -0.15) is 0 Å². The molecule has 0 aliphatic rings. The number of thiol groups is 1. The zero-order chi connectivity index (χ0) is 14.8. The molecule has 0 heterocycles. The molecule has 0 spiro atoms. The third-order valence-electron chi connectivity index (χ3n) is 3.24. The van der Waals surface area contributed by atoms with Crippen molar-refractivity contribution in [1.29, 1.82) is 0 Å². The molecule has 0 aliphatic heterocycles. The van der Waals surface area contributed by atoms with Crippen LogP contribution in [-0.4, -0.2) is 8.42 Å². The highest BCUT2D eigenvalue weighted by molar-refractivity contribution is 8.63. The van der Waals surface area contributed by atoms with Crippen molar-refractivity contribution in [1.82, 2.24) is 0 Å². The zero-order valence-corrected chi connectivity index (χ0v) is 13.5. The molecule has 0 saturated carbocycles. The number of halogens is 1. The maximum Gasteiger partial charge on any atom is 0.227 e.